The third kappa shape index (κ3) is 6.37. The average Bonchev–Trinajstić information content (AvgIpc) is 2.97. The van der Waals surface area contributed by atoms with Crippen molar-refractivity contribution in [1.29, 1.82) is 0 Å². The summed E-state index contributed by atoms with van der Waals surface area (Å²) in [6.45, 7) is 2.42. The predicted molar refractivity (Wildman–Crippen MR) is 123 cm³/mol. The van der Waals surface area contributed by atoms with Crippen LogP contribution in [0.25, 0.3) is 0 Å². The Kier molecular flexibility index (Phi) is 7.65. The fourth-order valence-electron chi connectivity index (χ4n) is 3.92. The van der Waals surface area contributed by atoms with Crippen LogP contribution in [0.15, 0.2) is 72.9 Å². The zero-order valence-electron chi connectivity index (χ0n) is 18.7. The zero-order chi connectivity index (χ0) is 23.0. The maximum Gasteiger partial charge on any atom is 0.237 e. The highest BCUT2D eigenvalue weighted by Gasteiger charge is 2.29. The fraction of sp³-hybridized carbons (Fsp3) is 0.308. The van der Waals surface area contributed by atoms with Crippen molar-refractivity contribution in [1.82, 2.24) is 14.8 Å². The van der Waals surface area contributed by atoms with Crippen LogP contribution in [0, 0.1) is 5.82 Å². The first kappa shape index (κ1) is 22.9. The van der Waals surface area contributed by atoms with Gasteiger partial charge < -0.3 is 14.4 Å². The standard InChI is InChI=1S/C26H28FN3O3/c1-32-23-11-9-20(10-12-23)14-30-17-24(33-19-21-6-2-3-8-25(21)27)16-29(18-26(30)31)15-22-7-4-5-13-28-22/h2-13,24H,14-19H2,1H3. The third-order valence-corrected chi connectivity index (χ3v) is 5.67. The normalized spacial score (nSPS) is 17.1. The lowest BCUT2D eigenvalue weighted by molar-refractivity contribution is -0.132. The Morgan fingerprint density at radius 1 is 1.00 bits per heavy atom. The molecular formula is C26H28FN3O3. The van der Waals surface area contributed by atoms with Gasteiger partial charge in [-0.15, -0.1) is 0 Å². The van der Waals surface area contributed by atoms with Crippen LogP contribution in [0.4, 0.5) is 4.39 Å². The van der Waals surface area contributed by atoms with Crippen molar-refractivity contribution in [2.24, 2.45) is 0 Å². The van der Waals surface area contributed by atoms with Crippen LogP contribution in [-0.4, -0.2) is 53.5 Å². The van der Waals surface area contributed by atoms with E-state index in [-0.39, 0.29) is 31.0 Å². The summed E-state index contributed by atoms with van der Waals surface area (Å²) in [6.07, 6.45) is 1.48. The molecule has 0 spiro atoms. The number of carbonyl (C=O) groups is 1. The van der Waals surface area contributed by atoms with Crippen LogP contribution >= 0.6 is 0 Å². The lowest BCUT2D eigenvalue weighted by Crippen LogP contribution is -2.37. The van der Waals surface area contributed by atoms with Crippen molar-refractivity contribution in [2.75, 3.05) is 26.7 Å². The fourth-order valence-corrected chi connectivity index (χ4v) is 3.92. The molecule has 172 valence electrons. The van der Waals surface area contributed by atoms with Gasteiger partial charge in [0.2, 0.25) is 5.91 Å². The van der Waals surface area contributed by atoms with Gasteiger partial charge in [-0.25, -0.2) is 4.39 Å². The topological polar surface area (TPSA) is 54.9 Å². The van der Waals surface area contributed by atoms with E-state index < -0.39 is 0 Å². The number of benzene rings is 2. The van der Waals surface area contributed by atoms with Gasteiger partial charge in [-0.3, -0.25) is 14.7 Å². The summed E-state index contributed by atoms with van der Waals surface area (Å²) in [7, 11) is 1.63. The lowest BCUT2D eigenvalue weighted by atomic mass is 10.2. The first-order chi connectivity index (χ1) is 16.1. The summed E-state index contributed by atoms with van der Waals surface area (Å²) in [5.74, 6) is 0.509. The molecule has 2 aromatic carbocycles. The SMILES string of the molecule is COc1ccc(CN2CC(OCc3ccccc3F)CN(Cc3ccccn3)CC2=O)cc1. The highest BCUT2D eigenvalue weighted by atomic mass is 19.1. The number of pyridine rings is 1. The van der Waals surface area contributed by atoms with Crippen LogP contribution in [0.3, 0.4) is 0 Å². The van der Waals surface area contributed by atoms with Gasteiger partial charge in [0.05, 0.1) is 32.1 Å². The minimum atomic E-state index is -0.289. The molecule has 1 saturated heterocycles. The minimum absolute atomic E-state index is 0.0266. The minimum Gasteiger partial charge on any atom is -0.497 e. The second-order valence-electron chi connectivity index (χ2n) is 8.14. The Labute approximate surface area is 193 Å². The summed E-state index contributed by atoms with van der Waals surface area (Å²) in [6, 6.07) is 20.0. The summed E-state index contributed by atoms with van der Waals surface area (Å²) in [5.41, 5.74) is 2.41. The van der Waals surface area contributed by atoms with Crippen LogP contribution < -0.4 is 4.74 Å². The van der Waals surface area contributed by atoms with Crippen molar-refractivity contribution in [2.45, 2.75) is 25.8 Å². The van der Waals surface area contributed by atoms with E-state index in [1.807, 2.05) is 52.3 Å². The molecule has 0 N–H and O–H groups in total. The van der Waals surface area contributed by atoms with Crippen LogP contribution in [0.2, 0.25) is 0 Å². The molecule has 2 heterocycles. The number of methoxy groups -OCH3 is 1. The molecule has 7 heteroatoms. The zero-order valence-corrected chi connectivity index (χ0v) is 18.7. The summed E-state index contributed by atoms with van der Waals surface area (Å²) < 4.78 is 25.5. The van der Waals surface area contributed by atoms with Crippen molar-refractivity contribution >= 4 is 5.91 Å². The molecule has 4 rings (SSSR count). The second-order valence-corrected chi connectivity index (χ2v) is 8.14. The van der Waals surface area contributed by atoms with Crippen LogP contribution in [0.1, 0.15) is 16.8 Å². The van der Waals surface area contributed by atoms with E-state index in [0.29, 0.717) is 31.7 Å². The number of amides is 1. The number of ether oxygens (including phenoxy) is 2. The first-order valence-electron chi connectivity index (χ1n) is 11.0. The van der Waals surface area contributed by atoms with Gasteiger partial charge in [0.1, 0.15) is 11.6 Å². The maximum absolute atomic E-state index is 14.1. The van der Waals surface area contributed by atoms with E-state index in [0.717, 1.165) is 17.0 Å². The molecule has 1 amide bonds. The Morgan fingerprint density at radius 3 is 2.52 bits per heavy atom. The molecule has 0 bridgehead atoms. The Hall–Kier alpha value is -3.29. The number of rotatable bonds is 8. The van der Waals surface area contributed by atoms with Gasteiger partial charge in [0.15, 0.2) is 0 Å². The molecule has 1 aliphatic heterocycles. The van der Waals surface area contributed by atoms with Crippen molar-refractivity contribution in [3.63, 3.8) is 0 Å². The number of nitrogens with zero attached hydrogens (tertiary/aromatic N) is 3. The van der Waals surface area contributed by atoms with Crippen LogP contribution in [0.5, 0.6) is 5.75 Å². The van der Waals surface area contributed by atoms with Gasteiger partial charge in [-0.2, -0.15) is 0 Å². The van der Waals surface area contributed by atoms with Gasteiger partial charge in [-0.1, -0.05) is 36.4 Å². The smallest absolute Gasteiger partial charge is 0.237 e. The third-order valence-electron chi connectivity index (χ3n) is 5.67. The van der Waals surface area contributed by atoms with E-state index in [4.69, 9.17) is 9.47 Å². The Morgan fingerprint density at radius 2 is 1.79 bits per heavy atom. The molecule has 1 aromatic heterocycles. The molecule has 3 aromatic rings. The Balaban J connectivity index is 1.49. The van der Waals surface area contributed by atoms with E-state index in [2.05, 4.69) is 4.98 Å². The lowest BCUT2D eigenvalue weighted by Gasteiger charge is -2.25. The van der Waals surface area contributed by atoms with E-state index in [1.165, 1.54) is 6.07 Å². The summed E-state index contributed by atoms with van der Waals surface area (Å²) in [5, 5.41) is 0. The quantitative estimate of drug-likeness (QED) is 0.525. The first-order valence-corrected chi connectivity index (χ1v) is 11.0. The Bertz CT molecular complexity index is 1050. The number of hydrogen-bond donors (Lipinski definition) is 0. The highest BCUT2D eigenvalue weighted by Crippen LogP contribution is 2.18. The molecule has 0 aliphatic carbocycles. The second kappa shape index (κ2) is 11.0. The average molecular weight is 450 g/mol. The van der Waals surface area contributed by atoms with Crippen molar-refractivity contribution < 1.29 is 18.7 Å². The van der Waals surface area contributed by atoms with Crippen LogP contribution in [-0.2, 0) is 29.2 Å². The number of hydrogen-bond acceptors (Lipinski definition) is 5. The van der Waals surface area contributed by atoms with E-state index in [9.17, 15) is 9.18 Å². The number of aromatic nitrogens is 1. The molecule has 1 atom stereocenters. The highest BCUT2D eigenvalue weighted by molar-refractivity contribution is 5.78. The number of carbonyl (C=O) groups excluding carboxylic acids is 1. The molecule has 1 aliphatic rings. The van der Waals surface area contributed by atoms with E-state index in [1.54, 1.807) is 31.5 Å². The molecule has 0 radical (unpaired) electrons. The molecule has 6 nitrogen and oxygen atoms in total. The largest absolute Gasteiger partial charge is 0.497 e. The van der Waals surface area contributed by atoms with Gasteiger partial charge >= 0.3 is 0 Å². The summed E-state index contributed by atoms with van der Waals surface area (Å²) >= 11 is 0. The van der Waals surface area contributed by atoms with Crippen molar-refractivity contribution in [3.05, 3.63) is 95.6 Å². The number of halogens is 1. The monoisotopic (exact) mass is 449 g/mol. The van der Waals surface area contributed by atoms with Gasteiger partial charge in [0.25, 0.3) is 0 Å². The molecular weight excluding hydrogens is 421 g/mol. The van der Waals surface area contributed by atoms with Gasteiger partial charge in [-0.05, 0) is 35.9 Å². The predicted octanol–water partition coefficient (Wildman–Crippen LogP) is 3.66. The maximum atomic E-state index is 14.1. The summed E-state index contributed by atoms with van der Waals surface area (Å²) in [4.78, 5) is 21.4. The van der Waals surface area contributed by atoms with Gasteiger partial charge in [0, 0.05) is 37.9 Å². The molecule has 33 heavy (non-hydrogen) atoms. The van der Waals surface area contributed by atoms with Crippen molar-refractivity contribution in [3.8, 4) is 5.75 Å². The van der Waals surface area contributed by atoms with E-state index >= 15 is 0 Å². The molecule has 0 saturated carbocycles. The molecule has 1 unspecified atom stereocenters. The molecule has 1 fully saturated rings.